The summed E-state index contributed by atoms with van der Waals surface area (Å²) < 4.78 is 32.0. The Kier molecular flexibility index (Phi) is 3.82. The summed E-state index contributed by atoms with van der Waals surface area (Å²) in [4.78, 5) is 0.0776. The topological polar surface area (TPSA) is 98.2 Å². The summed E-state index contributed by atoms with van der Waals surface area (Å²) in [5, 5.41) is 3.65. The number of sulfonamides is 1. The smallest absolute Gasteiger partial charge is 0.267 e. The highest BCUT2D eigenvalue weighted by Crippen LogP contribution is 2.23. The third-order valence-electron chi connectivity index (χ3n) is 2.93. The number of aryl methyl sites for hydroxylation is 2. The summed E-state index contributed by atoms with van der Waals surface area (Å²) in [6.07, 6.45) is 0. The molecule has 1 aromatic heterocycles. The Hall–Kier alpha value is -1.86. The molecule has 0 saturated carbocycles. The highest BCUT2D eigenvalue weighted by molar-refractivity contribution is 7.92. The van der Waals surface area contributed by atoms with E-state index in [1.165, 1.54) is 0 Å². The monoisotopic (exact) mass is 295 g/mol. The average molecular weight is 295 g/mol. The number of nitrogens with one attached hydrogen (secondary N) is 1. The summed E-state index contributed by atoms with van der Waals surface area (Å²) in [6, 6.07) is 6.83. The number of benzene rings is 1. The summed E-state index contributed by atoms with van der Waals surface area (Å²) in [5.74, 6) is 0.266. The first-order valence-corrected chi connectivity index (χ1v) is 7.61. The van der Waals surface area contributed by atoms with E-state index in [2.05, 4.69) is 9.88 Å². The van der Waals surface area contributed by atoms with Crippen LogP contribution in [-0.2, 0) is 10.0 Å². The molecule has 1 heterocycles. The normalized spacial score (nSPS) is 13.2. The van der Waals surface area contributed by atoms with Crippen LogP contribution in [0.5, 0.6) is 0 Å². The van der Waals surface area contributed by atoms with Gasteiger partial charge in [0.2, 0.25) is 0 Å². The molecule has 3 N–H and O–H groups in total. The number of hydrogen-bond donors (Lipinski definition) is 2. The molecule has 0 aliphatic carbocycles. The SMILES string of the molecule is Cc1noc(C)c1S(=O)(=O)Nc1ccc(C(C)N)cc1. The molecular weight excluding hydrogens is 278 g/mol. The van der Waals surface area contributed by atoms with Gasteiger partial charge in [-0.05, 0) is 38.5 Å². The van der Waals surface area contributed by atoms with Crippen molar-refractivity contribution in [3.8, 4) is 0 Å². The van der Waals surface area contributed by atoms with Crippen LogP contribution in [0.4, 0.5) is 5.69 Å². The Bertz CT molecular complexity index is 683. The van der Waals surface area contributed by atoms with Crippen LogP contribution < -0.4 is 10.5 Å². The van der Waals surface area contributed by atoms with Gasteiger partial charge < -0.3 is 10.3 Å². The molecule has 0 radical (unpaired) electrons. The molecule has 6 nitrogen and oxygen atoms in total. The second-order valence-corrected chi connectivity index (χ2v) is 6.29. The van der Waals surface area contributed by atoms with Gasteiger partial charge in [0.15, 0.2) is 10.7 Å². The van der Waals surface area contributed by atoms with Gasteiger partial charge in [0.1, 0.15) is 5.69 Å². The van der Waals surface area contributed by atoms with E-state index < -0.39 is 10.0 Å². The molecule has 0 saturated heterocycles. The maximum absolute atomic E-state index is 12.3. The van der Waals surface area contributed by atoms with Gasteiger partial charge in [-0.3, -0.25) is 4.72 Å². The number of hydrogen-bond acceptors (Lipinski definition) is 5. The number of nitrogens with two attached hydrogens (primary N) is 1. The molecule has 0 aliphatic heterocycles. The molecule has 1 unspecified atom stereocenters. The van der Waals surface area contributed by atoms with Gasteiger partial charge in [-0.1, -0.05) is 17.3 Å². The van der Waals surface area contributed by atoms with Crippen molar-refractivity contribution >= 4 is 15.7 Å². The lowest BCUT2D eigenvalue weighted by Crippen LogP contribution is -2.14. The van der Waals surface area contributed by atoms with E-state index in [1.807, 2.05) is 6.92 Å². The molecule has 0 fully saturated rings. The predicted octanol–water partition coefficient (Wildman–Crippen LogP) is 2.11. The molecule has 108 valence electrons. The minimum absolute atomic E-state index is 0.0776. The van der Waals surface area contributed by atoms with Gasteiger partial charge in [-0.15, -0.1) is 0 Å². The molecule has 0 spiro atoms. The molecule has 0 aliphatic rings. The second-order valence-electron chi connectivity index (χ2n) is 4.67. The molecule has 1 aromatic carbocycles. The van der Waals surface area contributed by atoms with Crippen molar-refractivity contribution in [3.63, 3.8) is 0 Å². The molecule has 2 rings (SSSR count). The third-order valence-corrected chi connectivity index (χ3v) is 4.55. The van der Waals surface area contributed by atoms with Crippen LogP contribution in [0.3, 0.4) is 0 Å². The second kappa shape index (κ2) is 5.26. The standard InChI is InChI=1S/C13H17N3O3S/c1-8(14)11-4-6-12(7-5-11)16-20(17,18)13-9(2)15-19-10(13)3/h4-8,16H,14H2,1-3H3. The fraction of sp³-hybridized carbons (Fsp3) is 0.308. The third kappa shape index (κ3) is 2.83. The van der Waals surface area contributed by atoms with Crippen molar-refractivity contribution in [1.29, 1.82) is 0 Å². The number of rotatable bonds is 4. The van der Waals surface area contributed by atoms with Gasteiger partial charge in [-0.2, -0.15) is 0 Å². The van der Waals surface area contributed by atoms with E-state index in [-0.39, 0.29) is 16.7 Å². The Balaban J connectivity index is 2.29. The first-order chi connectivity index (χ1) is 9.31. The lowest BCUT2D eigenvalue weighted by Gasteiger charge is -2.09. The van der Waals surface area contributed by atoms with Crippen LogP contribution in [0.15, 0.2) is 33.7 Å². The van der Waals surface area contributed by atoms with Crippen LogP contribution in [-0.4, -0.2) is 13.6 Å². The molecule has 0 amide bonds. The number of aromatic nitrogens is 1. The summed E-state index contributed by atoms with van der Waals surface area (Å²) in [5.41, 5.74) is 7.49. The van der Waals surface area contributed by atoms with Crippen LogP contribution in [0.1, 0.15) is 30.0 Å². The van der Waals surface area contributed by atoms with Gasteiger partial charge in [0, 0.05) is 11.7 Å². The van der Waals surface area contributed by atoms with Crippen molar-refractivity contribution in [3.05, 3.63) is 41.3 Å². The van der Waals surface area contributed by atoms with E-state index >= 15 is 0 Å². The summed E-state index contributed by atoms with van der Waals surface area (Å²) >= 11 is 0. The minimum atomic E-state index is -3.70. The molecule has 0 bridgehead atoms. The van der Waals surface area contributed by atoms with E-state index in [9.17, 15) is 8.42 Å². The van der Waals surface area contributed by atoms with E-state index in [0.29, 0.717) is 11.4 Å². The molecule has 7 heteroatoms. The van der Waals surface area contributed by atoms with Crippen LogP contribution in [0.2, 0.25) is 0 Å². The largest absolute Gasteiger partial charge is 0.360 e. The van der Waals surface area contributed by atoms with Gasteiger partial charge in [0.25, 0.3) is 10.0 Å². The van der Waals surface area contributed by atoms with Crippen molar-refractivity contribution in [2.75, 3.05) is 4.72 Å². The first kappa shape index (κ1) is 14.5. The van der Waals surface area contributed by atoms with Crippen LogP contribution >= 0.6 is 0 Å². The Labute approximate surface area is 118 Å². The minimum Gasteiger partial charge on any atom is -0.360 e. The quantitative estimate of drug-likeness (QED) is 0.900. The molecular formula is C13H17N3O3S. The maximum atomic E-state index is 12.3. The van der Waals surface area contributed by atoms with Gasteiger partial charge in [-0.25, -0.2) is 8.42 Å². The average Bonchev–Trinajstić information content (AvgIpc) is 2.69. The molecule has 2 aromatic rings. The Morgan fingerprint density at radius 2 is 1.85 bits per heavy atom. The van der Waals surface area contributed by atoms with Crippen LogP contribution in [0, 0.1) is 13.8 Å². The van der Waals surface area contributed by atoms with E-state index in [1.54, 1.807) is 38.1 Å². The Morgan fingerprint density at radius 1 is 1.25 bits per heavy atom. The predicted molar refractivity (Wildman–Crippen MR) is 75.8 cm³/mol. The van der Waals surface area contributed by atoms with Gasteiger partial charge in [0.05, 0.1) is 0 Å². The highest BCUT2D eigenvalue weighted by Gasteiger charge is 2.24. The number of nitrogens with zero attached hydrogens (tertiary/aromatic N) is 1. The first-order valence-electron chi connectivity index (χ1n) is 6.12. The fourth-order valence-electron chi connectivity index (χ4n) is 1.92. The zero-order valence-corrected chi connectivity index (χ0v) is 12.4. The van der Waals surface area contributed by atoms with E-state index in [4.69, 9.17) is 10.3 Å². The van der Waals surface area contributed by atoms with Crippen molar-refractivity contribution < 1.29 is 12.9 Å². The lowest BCUT2D eigenvalue weighted by atomic mass is 10.1. The molecule has 20 heavy (non-hydrogen) atoms. The summed E-state index contributed by atoms with van der Waals surface area (Å²) in [7, 11) is -3.70. The van der Waals surface area contributed by atoms with Crippen LogP contribution in [0.25, 0.3) is 0 Å². The fourth-order valence-corrected chi connectivity index (χ4v) is 3.31. The van der Waals surface area contributed by atoms with Crippen molar-refractivity contribution in [1.82, 2.24) is 5.16 Å². The lowest BCUT2D eigenvalue weighted by molar-refractivity contribution is 0.390. The van der Waals surface area contributed by atoms with E-state index in [0.717, 1.165) is 5.56 Å². The van der Waals surface area contributed by atoms with Gasteiger partial charge >= 0.3 is 0 Å². The zero-order valence-electron chi connectivity index (χ0n) is 11.5. The molecule has 1 atom stereocenters. The van der Waals surface area contributed by atoms with Crippen molar-refractivity contribution in [2.24, 2.45) is 5.73 Å². The maximum Gasteiger partial charge on any atom is 0.267 e. The zero-order chi connectivity index (χ0) is 14.9. The highest BCUT2D eigenvalue weighted by atomic mass is 32.2. The number of anilines is 1. The summed E-state index contributed by atoms with van der Waals surface area (Å²) in [6.45, 7) is 5.01. The Morgan fingerprint density at radius 3 is 2.30 bits per heavy atom. The van der Waals surface area contributed by atoms with Crippen molar-refractivity contribution in [2.45, 2.75) is 31.7 Å².